The number of aryl methyl sites for hydroxylation is 1. The fourth-order valence-electron chi connectivity index (χ4n) is 1.74. The van der Waals surface area contributed by atoms with Crippen LogP contribution in [-0.2, 0) is 17.9 Å². The van der Waals surface area contributed by atoms with E-state index in [0.29, 0.717) is 0 Å². The summed E-state index contributed by atoms with van der Waals surface area (Å²) < 4.78 is 6.56. The molecule has 1 aromatic carbocycles. The van der Waals surface area contributed by atoms with Crippen molar-refractivity contribution in [1.29, 1.82) is 0 Å². The first-order chi connectivity index (χ1) is 9.56. The summed E-state index contributed by atoms with van der Waals surface area (Å²) in [5, 5.41) is 8.72. The topological polar surface area (TPSA) is 68.5 Å². The maximum absolute atomic E-state index is 12.0. The quantitative estimate of drug-likeness (QED) is 0.902. The summed E-state index contributed by atoms with van der Waals surface area (Å²) in [6.45, 7) is 1.89. The summed E-state index contributed by atoms with van der Waals surface area (Å²) in [6, 6.07) is 10.9. The molecule has 104 valence electrons. The molecule has 0 unspecified atom stereocenters. The summed E-state index contributed by atoms with van der Waals surface area (Å²) in [7, 11) is 0. The molecule has 2 aromatic rings. The zero-order valence-electron chi connectivity index (χ0n) is 11.1. The molecule has 0 saturated carbocycles. The van der Waals surface area contributed by atoms with Gasteiger partial charge in [-0.05, 0) is 24.6 Å². The molecule has 5 heteroatoms. The van der Waals surface area contributed by atoms with E-state index in [0.717, 1.165) is 15.7 Å². The molecule has 0 fully saturated rings. The van der Waals surface area contributed by atoms with Crippen molar-refractivity contribution in [1.82, 2.24) is 4.57 Å². The van der Waals surface area contributed by atoms with Gasteiger partial charge in [0.2, 0.25) is 0 Å². The standard InChI is InChI=1S/C15H15NO4/c1-11-4-6-12(7-5-11)10-20-13-3-2-8-16(15(13)19)9-14(17)18/h2-8H,9-10H2,1H3,(H,17,18). The Bertz CT molecular complexity index is 658. The summed E-state index contributed by atoms with van der Waals surface area (Å²) in [5.41, 5.74) is 1.66. The summed E-state index contributed by atoms with van der Waals surface area (Å²) in [4.78, 5) is 22.6. The molecule has 0 spiro atoms. The Morgan fingerprint density at radius 3 is 2.60 bits per heavy atom. The van der Waals surface area contributed by atoms with Gasteiger partial charge in [-0.2, -0.15) is 0 Å². The number of carboxylic acid groups (broad SMARTS) is 1. The Kier molecular flexibility index (Phi) is 4.20. The predicted molar refractivity (Wildman–Crippen MR) is 73.8 cm³/mol. The third-order valence-corrected chi connectivity index (χ3v) is 2.81. The first kappa shape index (κ1) is 13.9. The van der Waals surface area contributed by atoms with E-state index < -0.39 is 11.5 Å². The number of rotatable bonds is 5. The molecule has 0 aliphatic carbocycles. The molecule has 0 atom stereocenters. The predicted octanol–water partition coefficient (Wildman–Crippen LogP) is 1.82. The number of benzene rings is 1. The van der Waals surface area contributed by atoms with Gasteiger partial charge in [0.15, 0.2) is 5.75 Å². The summed E-state index contributed by atoms with van der Waals surface area (Å²) in [6.07, 6.45) is 1.43. The molecule has 2 rings (SSSR count). The van der Waals surface area contributed by atoms with Crippen LogP contribution in [0.1, 0.15) is 11.1 Å². The molecule has 1 heterocycles. The van der Waals surface area contributed by atoms with Crippen LogP contribution >= 0.6 is 0 Å². The van der Waals surface area contributed by atoms with Gasteiger partial charge in [0, 0.05) is 6.20 Å². The number of hydrogen-bond acceptors (Lipinski definition) is 3. The van der Waals surface area contributed by atoms with Crippen LogP contribution in [-0.4, -0.2) is 15.6 Å². The lowest BCUT2D eigenvalue weighted by Gasteiger charge is -2.08. The minimum atomic E-state index is -1.07. The molecule has 1 N–H and O–H groups in total. The van der Waals surface area contributed by atoms with E-state index >= 15 is 0 Å². The van der Waals surface area contributed by atoms with Gasteiger partial charge in [0.05, 0.1) is 0 Å². The minimum Gasteiger partial charge on any atom is -0.483 e. The van der Waals surface area contributed by atoms with Gasteiger partial charge in [-0.1, -0.05) is 29.8 Å². The summed E-state index contributed by atoms with van der Waals surface area (Å²) >= 11 is 0. The van der Waals surface area contributed by atoms with Gasteiger partial charge < -0.3 is 14.4 Å². The maximum Gasteiger partial charge on any atom is 0.323 e. The van der Waals surface area contributed by atoms with Crippen LogP contribution in [0.5, 0.6) is 5.75 Å². The van der Waals surface area contributed by atoms with Crippen molar-refractivity contribution >= 4 is 5.97 Å². The van der Waals surface area contributed by atoms with Crippen LogP contribution in [0, 0.1) is 6.92 Å². The Hall–Kier alpha value is -2.56. The lowest BCUT2D eigenvalue weighted by Crippen LogP contribution is -2.24. The van der Waals surface area contributed by atoms with Crippen LogP contribution in [0.3, 0.4) is 0 Å². The van der Waals surface area contributed by atoms with E-state index in [1.807, 2.05) is 31.2 Å². The average Bonchev–Trinajstić information content (AvgIpc) is 2.41. The second-order valence-corrected chi connectivity index (χ2v) is 4.47. The van der Waals surface area contributed by atoms with Crippen molar-refractivity contribution in [2.24, 2.45) is 0 Å². The molecule has 0 aliphatic rings. The largest absolute Gasteiger partial charge is 0.483 e. The number of aromatic nitrogens is 1. The highest BCUT2D eigenvalue weighted by Gasteiger charge is 2.07. The van der Waals surface area contributed by atoms with E-state index in [-0.39, 0.29) is 18.9 Å². The molecule has 0 bridgehead atoms. The monoisotopic (exact) mass is 273 g/mol. The normalized spacial score (nSPS) is 10.2. The van der Waals surface area contributed by atoms with Gasteiger partial charge in [0.1, 0.15) is 13.2 Å². The van der Waals surface area contributed by atoms with E-state index in [1.165, 1.54) is 12.3 Å². The second-order valence-electron chi connectivity index (χ2n) is 4.47. The Balaban J connectivity index is 2.11. The van der Waals surface area contributed by atoms with Gasteiger partial charge in [-0.25, -0.2) is 0 Å². The Morgan fingerprint density at radius 2 is 1.95 bits per heavy atom. The lowest BCUT2D eigenvalue weighted by atomic mass is 10.2. The highest BCUT2D eigenvalue weighted by molar-refractivity contribution is 5.66. The second kappa shape index (κ2) is 6.06. The number of ether oxygens (including phenoxy) is 1. The zero-order valence-corrected chi connectivity index (χ0v) is 11.1. The van der Waals surface area contributed by atoms with Gasteiger partial charge in [-0.3, -0.25) is 9.59 Å². The maximum atomic E-state index is 12.0. The molecule has 1 aromatic heterocycles. The average molecular weight is 273 g/mol. The van der Waals surface area contributed by atoms with Crippen LogP contribution in [0.2, 0.25) is 0 Å². The van der Waals surface area contributed by atoms with E-state index in [9.17, 15) is 9.59 Å². The molecular weight excluding hydrogens is 258 g/mol. The van der Waals surface area contributed by atoms with E-state index in [2.05, 4.69) is 0 Å². The van der Waals surface area contributed by atoms with Crippen molar-refractivity contribution in [3.05, 3.63) is 64.1 Å². The Labute approximate surface area is 116 Å². The highest BCUT2D eigenvalue weighted by Crippen LogP contribution is 2.08. The SMILES string of the molecule is Cc1ccc(COc2cccn(CC(=O)O)c2=O)cc1. The van der Waals surface area contributed by atoms with Gasteiger partial charge >= 0.3 is 5.97 Å². The van der Waals surface area contributed by atoms with Crippen LogP contribution < -0.4 is 10.3 Å². The van der Waals surface area contributed by atoms with Gasteiger partial charge in [-0.15, -0.1) is 0 Å². The number of pyridine rings is 1. The number of hydrogen-bond donors (Lipinski definition) is 1. The van der Waals surface area contributed by atoms with Crippen molar-refractivity contribution in [3.8, 4) is 5.75 Å². The third-order valence-electron chi connectivity index (χ3n) is 2.81. The molecule has 0 radical (unpaired) electrons. The Morgan fingerprint density at radius 1 is 1.25 bits per heavy atom. The molecule has 0 saturated heterocycles. The molecule has 20 heavy (non-hydrogen) atoms. The van der Waals surface area contributed by atoms with Gasteiger partial charge in [0.25, 0.3) is 5.56 Å². The van der Waals surface area contributed by atoms with E-state index in [1.54, 1.807) is 6.07 Å². The summed E-state index contributed by atoms with van der Waals surface area (Å²) in [5.74, 6) is -0.919. The fourth-order valence-corrected chi connectivity index (χ4v) is 1.74. The van der Waals surface area contributed by atoms with Crippen molar-refractivity contribution in [2.45, 2.75) is 20.1 Å². The number of carbonyl (C=O) groups is 1. The molecular formula is C15H15NO4. The van der Waals surface area contributed by atoms with Crippen molar-refractivity contribution < 1.29 is 14.6 Å². The van der Waals surface area contributed by atoms with Crippen molar-refractivity contribution in [3.63, 3.8) is 0 Å². The smallest absolute Gasteiger partial charge is 0.323 e. The zero-order chi connectivity index (χ0) is 14.5. The molecule has 0 amide bonds. The van der Waals surface area contributed by atoms with E-state index in [4.69, 9.17) is 9.84 Å². The minimum absolute atomic E-state index is 0.148. The fraction of sp³-hybridized carbons (Fsp3) is 0.200. The number of nitrogens with zero attached hydrogens (tertiary/aromatic N) is 1. The third kappa shape index (κ3) is 3.47. The van der Waals surface area contributed by atoms with Crippen LogP contribution in [0.25, 0.3) is 0 Å². The number of aliphatic carboxylic acids is 1. The highest BCUT2D eigenvalue weighted by atomic mass is 16.5. The first-order valence-electron chi connectivity index (χ1n) is 6.16. The first-order valence-corrected chi connectivity index (χ1v) is 6.16. The molecule has 0 aliphatic heterocycles. The van der Waals surface area contributed by atoms with Crippen molar-refractivity contribution in [2.75, 3.05) is 0 Å². The lowest BCUT2D eigenvalue weighted by molar-refractivity contribution is -0.137. The molecule has 5 nitrogen and oxygen atoms in total. The van der Waals surface area contributed by atoms with Crippen LogP contribution in [0.4, 0.5) is 0 Å². The van der Waals surface area contributed by atoms with Crippen LogP contribution in [0.15, 0.2) is 47.4 Å². The number of carboxylic acids is 1.